The van der Waals surface area contributed by atoms with Crippen molar-refractivity contribution in [3.63, 3.8) is 0 Å². The SMILES string of the molecule is CCCOc1ccc(/C=N/NC(=S)NC)cc1Cl. The van der Waals surface area contributed by atoms with Crippen molar-refractivity contribution < 1.29 is 4.74 Å². The highest BCUT2D eigenvalue weighted by molar-refractivity contribution is 7.80. The Hall–Kier alpha value is -1.33. The zero-order chi connectivity index (χ0) is 13.4. The summed E-state index contributed by atoms with van der Waals surface area (Å²) < 4.78 is 5.48. The van der Waals surface area contributed by atoms with Crippen LogP contribution in [0.15, 0.2) is 23.3 Å². The number of hydrazone groups is 1. The lowest BCUT2D eigenvalue weighted by molar-refractivity contribution is 0.317. The van der Waals surface area contributed by atoms with Crippen LogP contribution in [0, 0.1) is 0 Å². The van der Waals surface area contributed by atoms with Crippen molar-refractivity contribution in [3.05, 3.63) is 28.8 Å². The van der Waals surface area contributed by atoms with Gasteiger partial charge in [-0.25, -0.2) is 0 Å². The largest absolute Gasteiger partial charge is 0.492 e. The fourth-order valence-corrected chi connectivity index (χ4v) is 1.44. The van der Waals surface area contributed by atoms with Crippen LogP contribution in [0.2, 0.25) is 5.02 Å². The van der Waals surface area contributed by atoms with Gasteiger partial charge in [-0.15, -0.1) is 0 Å². The minimum atomic E-state index is 0.459. The summed E-state index contributed by atoms with van der Waals surface area (Å²) >= 11 is 11.0. The number of thiocarbonyl (C=S) groups is 1. The molecule has 0 aliphatic heterocycles. The van der Waals surface area contributed by atoms with Gasteiger partial charge in [-0.05, 0) is 42.4 Å². The molecule has 1 rings (SSSR count). The van der Waals surface area contributed by atoms with E-state index in [-0.39, 0.29) is 0 Å². The second-order valence-electron chi connectivity index (χ2n) is 3.49. The van der Waals surface area contributed by atoms with Gasteiger partial charge in [-0.2, -0.15) is 5.10 Å². The first-order valence-electron chi connectivity index (χ1n) is 5.60. The van der Waals surface area contributed by atoms with Crippen LogP contribution in [0.25, 0.3) is 0 Å². The molecule has 0 aromatic heterocycles. The molecule has 0 bridgehead atoms. The van der Waals surface area contributed by atoms with E-state index in [9.17, 15) is 0 Å². The highest BCUT2D eigenvalue weighted by atomic mass is 35.5. The van der Waals surface area contributed by atoms with E-state index in [0.29, 0.717) is 22.5 Å². The Labute approximate surface area is 117 Å². The van der Waals surface area contributed by atoms with Gasteiger partial charge >= 0.3 is 0 Å². The van der Waals surface area contributed by atoms with Gasteiger partial charge in [0.25, 0.3) is 0 Å². The molecule has 0 aliphatic carbocycles. The van der Waals surface area contributed by atoms with E-state index >= 15 is 0 Å². The summed E-state index contributed by atoms with van der Waals surface area (Å²) in [6.45, 7) is 2.70. The van der Waals surface area contributed by atoms with Crippen molar-refractivity contribution in [1.29, 1.82) is 0 Å². The van der Waals surface area contributed by atoms with Crippen LogP contribution < -0.4 is 15.5 Å². The van der Waals surface area contributed by atoms with Crippen molar-refractivity contribution in [3.8, 4) is 5.75 Å². The number of benzene rings is 1. The van der Waals surface area contributed by atoms with E-state index in [1.807, 2.05) is 19.1 Å². The number of hydrogen-bond acceptors (Lipinski definition) is 3. The second-order valence-corrected chi connectivity index (χ2v) is 4.30. The molecule has 0 saturated heterocycles. The summed E-state index contributed by atoms with van der Waals surface area (Å²) in [7, 11) is 1.72. The molecule has 18 heavy (non-hydrogen) atoms. The van der Waals surface area contributed by atoms with Gasteiger partial charge in [0.15, 0.2) is 5.11 Å². The third kappa shape index (κ3) is 4.89. The topological polar surface area (TPSA) is 45.6 Å². The molecule has 0 amide bonds. The van der Waals surface area contributed by atoms with Crippen LogP contribution in [0.1, 0.15) is 18.9 Å². The Bertz CT molecular complexity index is 437. The number of nitrogens with one attached hydrogen (secondary N) is 2. The van der Waals surface area contributed by atoms with Crippen LogP contribution in [-0.4, -0.2) is 25.0 Å². The van der Waals surface area contributed by atoms with E-state index in [2.05, 4.69) is 15.8 Å². The molecule has 0 atom stereocenters. The molecule has 0 radical (unpaired) electrons. The molecule has 0 saturated carbocycles. The van der Waals surface area contributed by atoms with Crippen molar-refractivity contribution >= 4 is 35.1 Å². The highest BCUT2D eigenvalue weighted by Gasteiger charge is 2.01. The first-order valence-corrected chi connectivity index (χ1v) is 6.39. The molecule has 0 aliphatic rings. The van der Waals surface area contributed by atoms with Gasteiger partial charge in [0.05, 0.1) is 17.8 Å². The minimum absolute atomic E-state index is 0.459. The molecule has 1 aromatic rings. The maximum atomic E-state index is 6.09. The predicted octanol–water partition coefficient (Wildman–Crippen LogP) is 2.56. The molecule has 2 N–H and O–H groups in total. The zero-order valence-electron chi connectivity index (χ0n) is 10.4. The number of rotatable bonds is 5. The lowest BCUT2D eigenvalue weighted by Gasteiger charge is -2.07. The van der Waals surface area contributed by atoms with Crippen LogP contribution in [0.5, 0.6) is 5.75 Å². The van der Waals surface area contributed by atoms with Crippen LogP contribution >= 0.6 is 23.8 Å². The third-order valence-corrected chi connectivity index (χ3v) is 2.62. The first-order chi connectivity index (χ1) is 8.67. The molecule has 0 spiro atoms. The Morgan fingerprint density at radius 3 is 2.94 bits per heavy atom. The second kappa shape index (κ2) is 7.89. The predicted molar refractivity (Wildman–Crippen MR) is 79.6 cm³/mol. The monoisotopic (exact) mass is 285 g/mol. The lowest BCUT2D eigenvalue weighted by Crippen LogP contribution is -2.28. The van der Waals surface area contributed by atoms with E-state index < -0.39 is 0 Å². The van der Waals surface area contributed by atoms with Crippen LogP contribution in [0.3, 0.4) is 0 Å². The van der Waals surface area contributed by atoms with E-state index in [0.717, 1.165) is 12.0 Å². The Balaban J connectivity index is 2.63. The average Bonchev–Trinajstić information content (AvgIpc) is 2.37. The standard InChI is InChI=1S/C12H16ClN3OS/c1-3-6-17-11-5-4-9(7-10(11)13)8-15-16-12(18)14-2/h4-5,7-8H,3,6H2,1-2H3,(H2,14,16,18)/b15-8+. The van der Waals surface area contributed by atoms with Gasteiger partial charge in [-0.1, -0.05) is 18.5 Å². The summed E-state index contributed by atoms with van der Waals surface area (Å²) in [5.74, 6) is 0.689. The van der Waals surface area contributed by atoms with E-state index in [1.54, 1.807) is 19.3 Å². The minimum Gasteiger partial charge on any atom is -0.492 e. The van der Waals surface area contributed by atoms with Crippen molar-refractivity contribution in [2.75, 3.05) is 13.7 Å². The van der Waals surface area contributed by atoms with Crippen molar-refractivity contribution in [2.24, 2.45) is 5.10 Å². The molecular formula is C12H16ClN3OS. The normalized spacial score (nSPS) is 10.4. The van der Waals surface area contributed by atoms with Gasteiger partial charge < -0.3 is 10.1 Å². The maximum absolute atomic E-state index is 6.09. The summed E-state index contributed by atoms with van der Waals surface area (Å²) in [6.07, 6.45) is 2.59. The number of hydrogen-bond donors (Lipinski definition) is 2. The van der Waals surface area contributed by atoms with Gasteiger partial charge in [0.2, 0.25) is 0 Å². The molecule has 1 aromatic carbocycles. The van der Waals surface area contributed by atoms with Crippen molar-refractivity contribution in [1.82, 2.24) is 10.7 Å². The van der Waals surface area contributed by atoms with Gasteiger partial charge in [-0.3, -0.25) is 5.43 Å². The quantitative estimate of drug-likeness (QED) is 0.496. The Kier molecular flexibility index (Phi) is 6.46. The van der Waals surface area contributed by atoms with Crippen LogP contribution in [-0.2, 0) is 0 Å². The maximum Gasteiger partial charge on any atom is 0.186 e. The van der Waals surface area contributed by atoms with Crippen LogP contribution in [0.4, 0.5) is 0 Å². The summed E-state index contributed by atoms with van der Waals surface area (Å²) in [5, 5.41) is 7.75. The van der Waals surface area contributed by atoms with Crippen molar-refractivity contribution in [2.45, 2.75) is 13.3 Å². The number of halogens is 1. The lowest BCUT2D eigenvalue weighted by atomic mass is 10.2. The van der Waals surface area contributed by atoms with Gasteiger partial charge in [0, 0.05) is 7.05 Å². The summed E-state index contributed by atoms with van der Waals surface area (Å²) in [5.41, 5.74) is 3.54. The highest BCUT2D eigenvalue weighted by Crippen LogP contribution is 2.24. The average molecular weight is 286 g/mol. The summed E-state index contributed by atoms with van der Waals surface area (Å²) in [4.78, 5) is 0. The molecule has 6 heteroatoms. The van der Waals surface area contributed by atoms with E-state index in [1.165, 1.54) is 0 Å². The third-order valence-electron chi connectivity index (χ3n) is 2.02. The molecule has 98 valence electrons. The molecular weight excluding hydrogens is 270 g/mol. The number of ether oxygens (including phenoxy) is 1. The van der Waals surface area contributed by atoms with Gasteiger partial charge in [0.1, 0.15) is 5.75 Å². The molecule has 0 unspecified atom stereocenters. The Morgan fingerprint density at radius 2 is 2.33 bits per heavy atom. The molecule has 4 nitrogen and oxygen atoms in total. The fraction of sp³-hybridized carbons (Fsp3) is 0.333. The summed E-state index contributed by atoms with van der Waals surface area (Å²) in [6, 6.07) is 5.50. The molecule has 0 fully saturated rings. The number of nitrogens with zero attached hydrogens (tertiary/aromatic N) is 1. The first kappa shape index (κ1) is 14.7. The van der Waals surface area contributed by atoms with E-state index in [4.69, 9.17) is 28.6 Å². The fourth-order valence-electron chi connectivity index (χ4n) is 1.15. The smallest absolute Gasteiger partial charge is 0.186 e. The molecule has 0 heterocycles. The zero-order valence-corrected chi connectivity index (χ0v) is 11.9. The Morgan fingerprint density at radius 1 is 1.56 bits per heavy atom.